The smallest absolute Gasteiger partial charge is 0.328 e. The van der Waals surface area contributed by atoms with Gasteiger partial charge in [0.1, 0.15) is 5.82 Å². The molecule has 7 heteroatoms. The number of aryl methyl sites for hydroxylation is 1. The van der Waals surface area contributed by atoms with Gasteiger partial charge >= 0.3 is 5.97 Å². The van der Waals surface area contributed by atoms with Gasteiger partial charge in [-0.3, -0.25) is 9.48 Å². The molecule has 5 rings (SSSR count). The Morgan fingerprint density at radius 1 is 1.00 bits per heavy atom. The summed E-state index contributed by atoms with van der Waals surface area (Å²) >= 11 is 0. The highest BCUT2D eigenvalue weighted by atomic mass is 19.1. The molecule has 0 aliphatic rings. The van der Waals surface area contributed by atoms with Gasteiger partial charge in [-0.05, 0) is 70.8 Å². The number of fused-ring (bicyclic) bond motifs is 1. The first-order valence-corrected chi connectivity index (χ1v) is 11.8. The van der Waals surface area contributed by atoms with Crippen LogP contribution in [0, 0.1) is 5.82 Å². The minimum Gasteiger partial charge on any atom is -0.478 e. The van der Waals surface area contributed by atoms with Gasteiger partial charge < -0.3 is 10.0 Å². The summed E-state index contributed by atoms with van der Waals surface area (Å²) in [4.78, 5) is 25.8. The lowest BCUT2D eigenvalue weighted by molar-refractivity contribution is -0.131. The summed E-state index contributed by atoms with van der Waals surface area (Å²) in [5.41, 5.74) is 4.20. The molecule has 0 fully saturated rings. The van der Waals surface area contributed by atoms with E-state index >= 15 is 0 Å². The number of hydrogen-bond acceptors (Lipinski definition) is 3. The molecule has 1 N–H and O–H groups in total. The van der Waals surface area contributed by atoms with Crippen LogP contribution < -0.4 is 4.90 Å². The number of rotatable bonds is 7. The second kappa shape index (κ2) is 10.5. The first-order valence-electron chi connectivity index (χ1n) is 12.4. The standard InChI is InChI=1S/C31H24FN3O3/c1-34-29-13-12-25(17-26(29)19-33-34)23-10-7-21(8-11-23)20-35(31(38)24-5-3-2-4-6-24)28-16-22(9-14-30(36)37)15-27(32)18-28/h2-19H,20H2,1H3,(H,36,37)/b14-9+/i20D. The summed E-state index contributed by atoms with van der Waals surface area (Å²) in [5, 5.41) is 14.3. The predicted molar refractivity (Wildman–Crippen MR) is 146 cm³/mol. The van der Waals surface area contributed by atoms with Crippen LogP contribution in [-0.2, 0) is 18.4 Å². The molecule has 0 bridgehead atoms. The fourth-order valence-corrected chi connectivity index (χ4v) is 4.22. The molecule has 1 aromatic heterocycles. The summed E-state index contributed by atoms with van der Waals surface area (Å²) in [5.74, 6) is -2.32. The van der Waals surface area contributed by atoms with Gasteiger partial charge in [-0.25, -0.2) is 9.18 Å². The van der Waals surface area contributed by atoms with Gasteiger partial charge in [0.2, 0.25) is 0 Å². The number of carboxylic acids is 1. The monoisotopic (exact) mass is 506 g/mol. The molecule has 38 heavy (non-hydrogen) atoms. The third-order valence-electron chi connectivity index (χ3n) is 6.11. The van der Waals surface area contributed by atoms with E-state index in [4.69, 9.17) is 6.48 Å². The van der Waals surface area contributed by atoms with Crippen LogP contribution in [-0.4, -0.2) is 26.8 Å². The van der Waals surface area contributed by atoms with Crippen LogP contribution >= 0.6 is 0 Å². The van der Waals surface area contributed by atoms with Crippen LogP contribution in [0.15, 0.2) is 103 Å². The van der Waals surface area contributed by atoms with E-state index in [0.29, 0.717) is 11.1 Å². The van der Waals surface area contributed by atoms with Crippen LogP contribution in [0.2, 0.25) is 0 Å². The number of aromatic nitrogens is 2. The van der Waals surface area contributed by atoms with Gasteiger partial charge in [-0.15, -0.1) is 0 Å². The van der Waals surface area contributed by atoms with Crippen LogP contribution in [0.25, 0.3) is 28.1 Å². The van der Waals surface area contributed by atoms with Crippen molar-refractivity contribution in [3.63, 3.8) is 0 Å². The van der Waals surface area contributed by atoms with Crippen molar-refractivity contribution in [3.05, 3.63) is 126 Å². The Morgan fingerprint density at radius 2 is 1.74 bits per heavy atom. The highest BCUT2D eigenvalue weighted by Crippen LogP contribution is 2.27. The highest BCUT2D eigenvalue weighted by molar-refractivity contribution is 6.06. The summed E-state index contributed by atoms with van der Waals surface area (Å²) < 4.78 is 25.5. The first kappa shape index (κ1) is 23.4. The van der Waals surface area contributed by atoms with Crippen molar-refractivity contribution in [2.75, 3.05) is 4.90 Å². The molecule has 1 unspecified atom stereocenters. The minimum absolute atomic E-state index is 0.139. The normalized spacial score (nSPS) is 12.4. The lowest BCUT2D eigenvalue weighted by Crippen LogP contribution is -2.30. The maximum absolute atomic E-state index is 14.6. The minimum atomic E-state index is -1.20. The summed E-state index contributed by atoms with van der Waals surface area (Å²) in [6.45, 7) is -1.20. The van der Waals surface area contributed by atoms with Gasteiger partial charge in [0.25, 0.3) is 5.91 Å². The molecule has 0 saturated heterocycles. The Hall–Kier alpha value is -5.04. The lowest BCUT2D eigenvalue weighted by Gasteiger charge is -2.24. The molecule has 1 amide bonds. The van der Waals surface area contributed by atoms with Crippen molar-refractivity contribution in [2.45, 2.75) is 6.52 Å². The Labute approximate surface area is 220 Å². The van der Waals surface area contributed by atoms with Gasteiger partial charge in [0.05, 0.1) is 19.6 Å². The summed E-state index contributed by atoms with van der Waals surface area (Å²) in [7, 11) is 1.89. The average Bonchev–Trinajstić information content (AvgIpc) is 3.32. The SMILES string of the molecule is [2H]C(c1ccc(-c2ccc3c(cnn3C)c2)cc1)N(C(=O)c1ccccc1)c1cc(F)cc(/C=C/C(=O)O)c1. The molecule has 0 radical (unpaired) electrons. The number of amides is 1. The Bertz CT molecular complexity index is 1700. The van der Waals surface area contributed by atoms with Gasteiger partial charge in [-0.1, -0.05) is 48.5 Å². The fraction of sp³-hybridized carbons (Fsp3) is 0.0645. The molecule has 0 spiro atoms. The Kier molecular flexibility index (Phi) is 6.47. The number of aliphatic carboxylic acids is 1. The van der Waals surface area contributed by atoms with Crippen LogP contribution in [0.3, 0.4) is 0 Å². The third kappa shape index (κ3) is 5.37. The van der Waals surface area contributed by atoms with Crippen LogP contribution in [0.1, 0.15) is 22.9 Å². The topological polar surface area (TPSA) is 75.4 Å². The van der Waals surface area contributed by atoms with E-state index in [1.54, 1.807) is 53.3 Å². The van der Waals surface area contributed by atoms with Crippen molar-refractivity contribution in [3.8, 4) is 11.1 Å². The van der Waals surface area contributed by atoms with Crippen LogP contribution in [0.4, 0.5) is 10.1 Å². The van der Waals surface area contributed by atoms with E-state index in [0.717, 1.165) is 34.2 Å². The maximum Gasteiger partial charge on any atom is 0.328 e. The molecule has 6 nitrogen and oxygen atoms in total. The largest absolute Gasteiger partial charge is 0.478 e. The van der Waals surface area contributed by atoms with E-state index in [2.05, 4.69) is 5.10 Å². The van der Waals surface area contributed by atoms with Gasteiger partial charge in [0, 0.05) is 29.8 Å². The fourth-order valence-electron chi connectivity index (χ4n) is 4.22. The van der Waals surface area contributed by atoms with E-state index < -0.39 is 24.2 Å². The number of hydrogen-bond donors (Lipinski definition) is 1. The van der Waals surface area contributed by atoms with E-state index in [9.17, 15) is 14.0 Å². The number of carbonyl (C=O) groups excluding carboxylic acids is 1. The number of nitrogens with zero attached hydrogens (tertiary/aromatic N) is 3. The molecule has 1 heterocycles. The summed E-state index contributed by atoms with van der Waals surface area (Å²) in [6, 6.07) is 25.6. The zero-order valence-electron chi connectivity index (χ0n) is 21.5. The quantitative estimate of drug-likeness (QED) is 0.262. The predicted octanol–water partition coefficient (Wildman–Crippen LogP) is 6.32. The van der Waals surface area contributed by atoms with Crippen LogP contribution in [0.5, 0.6) is 0 Å². The number of benzene rings is 4. The van der Waals surface area contributed by atoms with Crippen molar-refractivity contribution in [1.29, 1.82) is 0 Å². The van der Waals surface area contributed by atoms with Crippen molar-refractivity contribution in [2.24, 2.45) is 7.05 Å². The third-order valence-corrected chi connectivity index (χ3v) is 6.11. The molecule has 4 aromatic carbocycles. The van der Waals surface area contributed by atoms with Crippen molar-refractivity contribution in [1.82, 2.24) is 9.78 Å². The number of anilines is 1. The lowest BCUT2D eigenvalue weighted by atomic mass is 10.0. The Morgan fingerprint density at radius 3 is 2.47 bits per heavy atom. The molecule has 188 valence electrons. The van der Waals surface area contributed by atoms with E-state index in [1.807, 2.05) is 37.4 Å². The number of halogens is 1. The summed E-state index contributed by atoms with van der Waals surface area (Å²) in [6.07, 6.45) is 3.94. The van der Waals surface area contributed by atoms with Crippen molar-refractivity contribution < 1.29 is 20.5 Å². The van der Waals surface area contributed by atoms with Gasteiger partial charge in [-0.2, -0.15) is 5.10 Å². The Balaban J connectivity index is 1.52. The molecule has 1 atom stereocenters. The molecule has 5 aromatic rings. The second-order valence-electron chi connectivity index (χ2n) is 8.75. The maximum atomic E-state index is 14.6. The van der Waals surface area contributed by atoms with E-state index in [1.165, 1.54) is 23.1 Å². The molecular formula is C31H24FN3O3. The highest BCUT2D eigenvalue weighted by Gasteiger charge is 2.19. The zero-order valence-corrected chi connectivity index (χ0v) is 20.5. The number of carbonyl (C=O) groups is 2. The molecule has 0 saturated carbocycles. The second-order valence-corrected chi connectivity index (χ2v) is 8.75. The van der Waals surface area contributed by atoms with Crippen molar-refractivity contribution >= 4 is 34.5 Å². The first-order chi connectivity index (χ1) is 18.8. The molecule has 0 aliphatic carbocycles. The molecule has 0 aliphatic heterocycles. The average molecular weight is 507 g/mol. The van der Waals surface area contributed by atoms with Gasteiger partial charge in [0.15, 0.2) is 0 Å². The number of carboxylic acid groups (broad SMARTS) is 1. The molecular weight excluding hydrogens is 481 g/mol. The zero-order chi connectivity index (χ0) is 27.5. The van der Waals surface area contributed by atoms with E-state index in [-0.39, 0.29) is 11.3 Å².